The van der Waals surface area contributed by atoms with E-state index < -0.39 is 0 Å². The van der Waals surface area contributed by atoms with E-state index >= 15 is 0 Å². The summed E-state index contributed by atoms with van der Waals surface area (Å²) >= 11 is 0. The van der Waals surface area contributed by atoms with Gasteiger partial charge in [0.2, 0.25) is 0 Å². The Balaban J connectivity index is 4.11. The third-order valence-corrected chi connectivity index (χ3v) is 3.18. The molecule has 16 heavy (non-hydrogen) atoms. The van der Waals surface area contributed by atoms with Crippen molar-refractivity contribution in [3.05, 3.63) is 0 Å². The predicted octanol–water partition coefficient (Wildman–Crippen LogP) is 4.62. The molecule has 0 aromatic carbocycles. The average Bonchev–Trinajstić information content (AvgIpc) is 2.15. The Bertz CT molecular complexity index is 152. The highest BCUT2D eigenvalue weighted by Gasteiger charge is 2.16. The Labute approximate surface area is 103 Å². The molecule has 0 aliphatic rings. The maximum atomic E-state index is 3.69. The van der Waals surface area contributed by atoms with Crippen LogP contribution < -0.4 is 5.32 Å². The molecule has 0 saturated carbocycles. The van der Waals surface area contributed by atoms with Gasteiger partial charge >= 0.3 is 0 Å². The molecule has 1 N–H and O–H groups in total. The van der Waals surface area contributed by atoms with Crippen molar-refractivity contribution in [3.63, 3.8) is 0 Å². The second-order valence-electron chi connectivity index (χ2n) is 5.95. The first-order valence-corrected chi connectivity index (χ1v) is 7.25. The molecular formula is C15H33N. The van der Waals surface area contributed by atoms with Gasteiger partial charge in [-0.05, 0) is 31.1 Å². The number of hydrogen-bond donors (Lipinski definition) is 1. The molecule has 0 fully saturated rings. The normalized spacial score (nSPS) is 15.8. The van der Waals surface area contributed by atoms with E-state index in [-0.39, 0.29) is 0 Å². The van der Waals surface area contributed by atoms with Crippen molar-refractivity contribution >= 4 is 0 Å². The molecule has 2 atom stereocenters. The summed E-state index contributed by atoms with van der Waals surface area (Å²) in [6.07, 6.45) is 6.74. The Morgan fingerprint density at radius 1 is 0.938 bits per heavy atom. The molecule has 0 amide bonds. The predicted molar refractivity (Wildman–Crippen MR) is 74.8 cm³/mol. The van der Waals surface area contributed by atoms with Crippen molar-refractivity contribution in [2.45, 2.75) is 85.7 Å². The van der Waals surface area contributed by atoms with Crippen molar-refractivity contribution in [1.82, 2.24) is 5.32 Å². The Morgan fingerprint density at radius 3 is 1.94 bits per heavy atom. The molecule has 1 nitrogen and oxygen atoms in total. The SMILES string of the molecule is CCCC(CC(C)C)CC(CC)NC(C)C. The van der Waals surface area contributed by atoms with Crippen LogP contribution in [0, 0.1) is 11.8 Å². The van der Waals surface area contributed by atoms with Gasteiger partial charge in [-0.25, -0.2) is 0 Å². The van der Waals surface area contributed by atoms with E-state index in [0.717, 1.165) is 17.9 Å². The van der Waals surface area contributed by atoms with Crippen LogP contribution in [0.25, 0.3) is 0 Å². The fourth-order valence-corrected chi connectivity index (χ4v) is 2.63. The first-order chi connectivity index (χ1) is 7.49. The summed E-state index contributed by atoms with van der Waals surface area (Å²) in [6, 6.07) is 1.33. The van der Waals surface area contributed by atoms with Crippen LogP contribution in [0.2, 0.25) is 0 Å². The standard InChI is InChI=1S/C15H33N/c1-7-9-14(10-12(3)4)11-15(8-2)16-13(5)6/h12-16H,7-11H2,1-6H3. The lowest BCUT2D eigenvalue weighted by molar-refractivity contribution is 0.300. The molecule has 0 radical (unpaired) electrons. The van der Waals surface area contributed by atoms with Crippen molar-refractivity contribution in [1.29, 1.82) is 0 Å². The van der Waals surface area contributed by atoms with Gasteiger partial charge in [-0.2, -0.15) is 0 Å². The molecule has 0 heterocycles. The quantitative estimate of drug-likeness (QED) is 0.606. The Kier molecular flexibility index (Phi) is 9.02. The van der Waals surface area contributed by atoms with Gasteiger partial charge in [0.1, 0.15) is 0 Å². The summed E-state index contributed by atoms with van der Waals surface area (Å²) in [4.78, 5) is 0. The molecule has 98 valence electrons. The van der Waals surface area contributed by atoms with E-state index in [9.17, 15) is 0 Å². The van der Waals surface area contributed by atoms with Crippen molar-refractivity contribution in [3.8, 4) is 0 Å². The van der Waals surface area contributed by atoms with E-state index in [2.05, 4.69) is 46.9 Å². The molecule has 0 aromatic heterocycles. The van der Waals surface area contributed by atoms with Gasteiger partial charge in [-0.15, -0.1) is 0 Å². The lowest BCUT2D eigenvalue weighted by Gasteiger charge is -2.26. The fourth-order valence-electron chi connectivity index (χ4n) is 2.63. The lowest BCUT2D eigenvalue weighted by atomic mass is 9.87. The number of hydrogen-bond acceptors (Lipinski definition) is 1. The minimum absolute atomic E-state index is 0.617. The molecule has 0 bridgehead atoms. The number of rotatable bonds is 9. The van der Waals surface area contributed by atoms with Crippen molar-refractivity contribution in [2.75, 3.05) is 0 Å². The minimum Gasteiger partial charge on any atom is -0.312 e. The molecule has 0 aliphatic heterocycles. The average molecular weight is 227 g/mol. The van der Waals surface area contributed by atoms with Crippen LogP contribution in [0.15, 0.2) is 0 Å². The van der Waals surface area contributed by atoms with E-state index in [1.54, 1.807) is 0 Å². The molecule has 0 aromatic rings. The van der Waals surface area contributed by atoms with E-state index in [1.807, 2.05) is 0 Å². The van der Waals surface area contributed by atoms with Gasteiger partial charge < -0.3 is 5.32 Å². The highest BCUT2D eigenvalue weighted by molar-refractivity contribution is 4.73. The van der Waals surface area contributed by atoms with Crippen molar-refractivity contribution < 1.29 is 0 Å². The smallest absolute Gasteiger partial charge is 0.00694 e. The van der Waals surface area contributed by atoms with Crippen LogP contribution in [0.4, 0.5) is 0 Å². The summed E-state index contributed by atoms with van der Waals surface area (Å²) in [5, 5.41) is 3.69. The highest BCUT2D eigenvalue weighted by Crippen LogP contribution is 2.23. The van der Waals surface area contributed by atoms with Crippen molar-refractivity contribution in [2.24, 2.45) is 11.8 Å². The summed E-state index contributed by atoms with van der Waals surface area (Å²) in [7, 11) is 0. The van der Waals surface area contributed by atoms with E-state index in [4.69, 9.17) is 0 Å². The van der Waals surface area contributed by atoms with Gasteiger partial charge in [-0.1, -0.05) is 54.4 Å². The second kappa shape index (κ2) is 9.04. The van der Waals surface area contributed by atoms with Gasteiger partial charge in [0.15, 0.2) is 0 Å². The van der Waals surface area contributed by atoms with Crippen LogP contribution in [0.1, 0.15) is 73.6 Å². The summed E-state index contributed by atoms with van der Waals surface area (Å²) in [5.74, 6) is 1.76. The maximum Gasteiger partial charge on any atom is 0.00694 e. The molecule has 0 spiro atoms. The van der Waals surface area contributed by atoms with E-state index in [0.29, 0.717) is 6.04 Å². The van der Waals surface area contributed by atoms with Crippen LogP contribution in [-0.2, 0) is 0 Å². The van der Waals surface area contributed by atoms with Gasteiger partial charge in [0, 0.05) is 12.1 Å². The summed E-state index contributed by atoms with van der Waals surface area (Å²) in [5.41, 5.74) is 0. The van der Waals surface area contributed by atoms with Gasteiger partial charge in [0.25, 0.3) is 0 Å². The Hall–Kier alpha value is -0.0400. The first kappa shape index (κ1) is 16.0. The third kappa shape index (κ3) is 8.15. The zero-order chi connectivity index (χ0) is 12.6. The molecule has 2 unspecified atom stereocenters. The van der Waals surface area contributed by atoms with Crippen LogP contribution in [0.5, 0.6) is 0 Å². The topological polar surface area (TPSA) is 12.0 Å². The van der Waals surface area contributed by atoms with Crippen LogP contribution in [-0.4, -0.2) is 12.1 Å². The second-order valence-corrected chi connectivity index (χ2v) is 5.95. The lowest BCUT2D eigenvalue weighted by Crippen LogP contribution is -2.36. The zero-order valence-electron chi connectivity index (χ0n) is 12.3. The Morgan fingerprint density at radius 2 is 1.56 bits per heavy atom. The largest absolute Gasteiger partial charge is 0.312 e. The summed E-state index contributed by atoms with van der Waals surface area (Å²) < 4.78 is 0. The number of nitrogens with one attached hydrogen (secondary N) is 1. The highest BCUT2D eigenvalue weighted by atomic mass is 14.9. The molecule has 0 aliphatic carbocycles. The molecule has 0 rings (SSSR count). The first-order valence-electron chi connectivity index (χ1n) is 7.25. The van der Waals surface area contributed by atoms with Gasteiger partial charge in [0.05, 0.1) is 0 Å². The third-order valence-electron chi connectivity index (χ3n) is 3.18. The molecular weight excluding hydrogens is 194 g/mol. The van der Waals surface area contributed by atoms with Crippen LogP contribution >= 0.6 is 0 Å². The fraction of sp³-hybridized carbons (Fsp3) is 1.00. The maximum absolute atomic E-state index is 3.69. The zero-order valence-corrected chi connectivity index (χ0v) is 12.3. The molecule has 1 heteroatoms. The molecule has 0 saturated heterocycles. The summed E-state index contributed by atoms with van der Waals surface area (Å²) in [6.45, 7) is 13.8. The monoisotopic (exact) mass is 227 g/mol. The van der Waals surface area contributed by atoms with E-state index in [1.165, 1.54) is 32.1 Å². The minimum atomic E-state index is 0.617. The van der Waals surface area contributed by atoms with Crippen LogP contribution in [0.3, 0.4) is 0 Å². The van der Waals surface area contributed by atoms with Gasteiger partial charge in [-0.3, -0.25) is 0 Å².